The van der Waals surface area contributed by atoms with Crippen LogP contribution in [0.5, 0.6) is 0 Å². The number of hydrogen-bond donors (Lipinski definition) is 0. The maximum Gasteiger partial charge on any atom is 0.253 e. The molecule has 0 bridgehead atoms. The van der Waals surface area contributed by atoms with Crippen molar-refractivity contribution in [1.29, 1.82) is 0 Å². The van der Waals surface area contributed by atoms with Gasteiger partial charge >= 0.3 is 0 Å². The molecule has 1 amide bonds. The molecule has 2 heterocycles. The quantitative estimate of drug-likeness (QED) is 0.805. The lowest BCUT2D eigenvalue weighted by Crippen LogP contribution is -2.39. The van der Waals surface area contributed by atoms with E-state index >= 15 is 0 Å². The van der Waals surface area contributed by atoms with Gasteiger partial charge in [0.05, 0.1) is 0 Å². The monoisotopic (exact) mass is 329 g/mol. The fourth-order valence-corrected chi connectivity index (χ4v) is 3.86. The highest BCUT2D eigenvalue weighted by Gasteiger charge is 2.22. The summed E-state index contributed by atoms with van der Waals surface area (Å²) in [5, 5.41) is 0.992. The molecule has 23 heavy (non-hydrogen) atoms. The smallest absolute Gasteiger partial charge is 0.253 e. The van der Waals surface area contributed by atoms with Crippen molar-refractivity contribution in [3.8, 4) is 0 Å². The Balaban J connectivity index is 1.67. The Hall–Kier alpha value is -1.75. The van der Waals surface area contributed by atoms with Gasteiger partial charge in [-0.25, -0.2) is 4.98 Å². The summed E-state index contributed by atoms with van der Waals surface area (Å²) in [6.07, 6.45) is 6.09. The Morgan fingerprint density at radius 1 is 1.43 bits per heavy atom. The van der Waals surface area contributed by atoms with Crippen LogP contribution in [-0.2, 0) is 12.8 Å². The van der Waals surface area contributed by atoms with Crippen LogP contribution in [0.2, 0.25) is 0 Å². The second kappa shape index (κ2) is 7.21. The molecule has 0 N–H and O–H groups in total. The SMILES string of the molecule is C[C@H]1CCCN(C(=O)c2cccc(CSc3nccn3C)c2)C1. The van der Waals surface area contributed by atoms with Crippen molar-refractivity contribution in [1.82, 2.24) is 14.5 Å². The average molecular weight is 329 g/mol. The first-order valence-electron chi connectivity index (χ1n) is 8.12. The zero-order valence-electron chi connectivity index (χ0n) is 13.7. The second-order valence-corrected chi connectivity index (χ2v) is 7.25. The van der Waals surface area contributed by atoms with E-state index in [2.05, 4.69) is 18.0 Å². The van der Waals surface area contributed by atoms with Gasteiger partial charge in [-0.15, -0.1) is 0 Å². The highest BCUT2D eigenvalue weighted by molar-refractivity contribution is 7.98. The van der Waals surface area contributed by atoms with Crippen molar-refractivity contribution >= 4 is 17.7 Å². The number of hydrogen-bond acceptors (Lipinski definition) is 3. The van der Waals surface area contributed by atoms with E-state index in [1.165, 1.54) is 6.42 Å². The van der Waals surface area contributed by atoms with Crippen molar-refractivity contribution in [2.75, 3.05) is 13.1 Å². The van der Waals surface area contributed by atoms with Crippen LogP contribution in [0.3, 0.4) is 0 Å². The maximum atomic E-state index is 12.7. The number of benzene rings is 1. The van der Waals surface area contributed by atoms with Gasteiger partial charge in [0.15, 0.2) is 5.16 Å². The van der Waals surface area contributed by atoms with Crippen molar-refractivity contribution in [2.24, 2.45) is 13.0 Å². The molecular formula is C18H23N3OS. The average Bonchev–Trinajstić information content (AvgIpc) is 2.97. The first-order valence-corrected chi connectivity index (χ1v) is 9.10. The van der Waals surface area contributed by atoms with Crippen LogP contribution < -0.4 is 0 Å². The molecule has 1 fully saturated rings. The Labute approximate surface area is 141 Å². The summed E-state index contributed by atoms with van der Waals surface area (Å²) in [7, 11) is 1.99. The number of thioether (sulfide) groups is 1. The molecule has 0 spiro atoms. The lowest BCUT2D eigenvalue weighted by atomic mass is 9.99. The number of aryl methyl sites for hydroxylation is 1. The largest absolute Gasteiger partial charge is 0.338 e. The van der Waals surface area contributed by atoms with Gasteiger partial charge in [0.1, 0.15) is 0 Å². The Morgan fingerprint density at radius 3 is 3.04 bits per heavy atom. The van der Waals surface area contributed by atoms with Crippen molar-refractivity contribution < 1.29 is 4.79 Å². The number of aromatic nitrogens is 2. The summed E-state index contributed by atoms with van der Waals surface area (Å²) < 4.78 is 2.01. The minimum Gasteiger partial charge on any atom is -0.338 e. The number of likely N-dealkylation sites (tertiary alicyclic amines) is 1. The lowest BCUT2D eigenvalue weighted by Gasteiger charge is -2.31. The van der Waals surface area contributed by atoms with Crippen molar-refractivity contribution in [3.05, 3.63) is 47.8 Å². The molecule has 1 aliphatic rings. The molecule has 1 aliphatic heterocycles. The Bertz CT molecular complexity index is 682. The van der Waals surface area contributed by atoms with E-state index in [4.69, 9.17) is 0 Å². The summed E-state index contributed by atoms with van der Waals surface area (Å²) in [5.74, 6) is 1.60. The van der Waals surface area contributed by atoms with Crippen LogP contribution in [0, 0.1) is 5.92 Å². The van der Waals surface area contributed by atoms with Gasteiger partial charge in [-0.2, -0.15) is 0 Å². The molecule has 1 atom stereocenters. The minimum atomic E-state index is 0.167. The van der Waals surface area contributed by atoms with Crippen LogP contribution in [0.15, 0.2) is 41.8 Å². The topological polar surface area (TPSA) is 38.1 Å². The molecule has 122 valence electrons. The van der Waals surface area contributed by atoms with Crippen molar-refractivity contribution in [3.63, 3.8) is 0 Å². The molecule has 0 radical (unpaired) electrons. The number of nitrogens with zero attached hydrogens (tertiary/aromatic N) is 3. The van der Waals surface area contributed by atoms with Gasteiger partial charge in [0.25, 0.3) is 5.91 Å². The molecule has 0 unspecified atom stereocenters. The maximum absolute atomic E-state index is 12.7. The number of piperidine rings is 1. The molecule has 2 aromatic rings. The molecule has 1 aromatic heterocycles. The van der Waals surface area contributed by atoms with Gasteiger partial charge in [0.2, 0.25) is 0 Å². The molecule has 5 heteroatoms. The zero-order chi connectivity index (χ0) is 16.2. The summed E-state index contributed by atoms with van der Waals surface area (Å²) in [6, 6.07) is 8.01. The van der Waals surface area contributed by atoms with E-state index in [-0.39, 0.29) is 5.91 Å². The molecular weight excluding hydrogens is 306 g/mol. The summed E-state index contributed by atoms with van der Waals surface area (Å²) in [5.41, 5.74) is 1.96. The van der Waals surface area contributed by atoms with Gasteiger partial charge in [-0.3, -0.25) is 4.79 Å². The standard InChI is InChI=1S/C18H23N3OS/c1-14-5-4-9-21(12-14)17(22)16-7-3-6-15(11-16)13-23-18-19-8-10-20(18)2/h3,6-8,10-11,14H,4-5,9,12-13H2,1-2H3/t14-/m0/s1. The molecule has 0 aliphatic carbocycles. The molecule has 4 nitrogen and oxygen atoms in total. The third-order valence-electron chi connectivity index (χ3n) is 4.26. The number of amides is 1. The molecule has 1 saturated heterocycles. The van der Waals surface area contributed by atoms with Crippen LogP contribution in [0.4, 0.5) is 0 Å². The van der Waals surface area contributed by atoms with E-state index in [1.54, 1.807) is 18.0 Å². The normalized spacial score (nSPS) is 18.2. The van der Waals surface area contributed by atoms with Crippen LogP contribution >= 0.6 is 11.8 Å². The Morgan fingerprint density at radius 2 is 2.30 bits per heavy atom. The second-order valence-electron chi connectivity index (χ2n) is 6.31. The van der Waals surface area contributed by atoms with Gasteiger partial charge < -0.3 is 9.47 Å². The third-order valence-corrected chi connectivity index (χ3v) is 5.39. The first-order chi connectivity index (χ1) is 11.1. The Kier molecular flexibility index (Phi) is 5.06. The van der Waals surface area contributed by atoms with Gasteiger partial charge in [0, 0.05) is 43.8 Å². The fourth-order valence-electron chi connectivity index (χ4n) is 2.99. The summed E-state index contributed by atoms with van der Waals surface area (Å²) >= 11 is 1.69. The first kappa shape index (κ1) is 16.1. The molecule has 0 saturated carbocycles. The van der Waals surface area contributed by atoms with E-state index < -0.39 is 0 Å². The molecule has 3 rings (SSSR count). The zero-order valence-corrected chi connectivity index (χ0v) is 14.6. The van der Waals surface area contributed by atoms with Crippen molar-refractivity contribution in [2.45, 2.75) is 30.7 Å². The number of rotatable bonds is 4. The molecule has 1 aromatic carbocycles. The highest BCUT2D eigenvalue weighted by Crippen LogP contribution is 2.22. The predicted molar refractivity (Wildman–Crippen MR) is 93.5 cm³/mol. The van der Waals surface area contributed by atoms with E-state index in [0.29, 0.717) is 5.92 Å². The summed E-state index contributed by atoms with van der Waals surface area (Å²) in [6.45, 7) is 3.99. The van der Waals surface area contributed by atoms with Gasteiger partial charge in [-0.05, 0) is 36.5 Å². The highest BCUT2D eigenvalue weighted by atomic mass is 32.2. The lowest BCUT2D eigenvalue weighted by molar-refractivity contribution is 0.0683. The minimum absolute atomic E-state index is 0.167. The fraction of sp³-hybridized carbons (Fsp3) is 0.444. The van der Waals surface area contributed by atoms with E-state index in [9.17, 15) is 4.79 Å². The van der Waals surface area contributed by atoms with Crippen LogP contribution in [0.25, 0.3) is 0 Å². The number of carbonyl (C=O) groups excluding carboxylic acids is 1. The third kappa shape index (κ3) is 3.96. The van der Waals surface area contributed by atoms with Gasteiger partial charge in [-0.1, -0.05) is 30.8 Å². The number of carbonyl (C=O) groups is 1. The summed E-state index contributed by atoms with van der Waals surface area (Å²) in [4.78, 5) is 19.0. The number of imidazole rings is 1. The van der Waals surface area contributed by atoms with E-state index in [1.807, 2.05) is 40.9 Å². The van der Waals surface area contributed by atoms with E-state index in [0.717, 1.165) is 41.5 Å². The van der Waals surface area contributed by atoms with Crippen LogP contribution in [-0.4, -0.2) is 33.4 Å². The van der Waals surface area contributed by atoms with Crippen LogP contribution in [0.1, 0.15) is 35.7 Å². The predicted octanol–water partition coefficient (Wildman–Crippen LogP) is 3.58.